The molecule has 0 saturated heterocycles. The lowest BCUT2D eigenvalue weighted by molar-refractivity contribution is -0.124. The molecule has 3 rings (SSSR count). The maximum Gasteiger partial charge on any atom is 0.234 e. The molecule has 0 aromatic carbocycles. The molecule has 2 aromatic rings. The van der Waals surface area contributed by atoms with Crippen LogP contribution in [0.3, 0.4) is 0 Å². The zero-order valence-electron chi connectivity index (χ0n) is 14.7. The normalized spacial score (nSPS) is 21.0. The summed E-state index contributed by atoms with van der Waals surface area (Å²) in [6.07, 6.45) is 6.63. The third-order valence-corrected chi connectivity index (χ3v) is 4.59. The SMILES string of the molecule is CN(CC(=O)N[C@H](c1cnn(C)c1)C1CC(O)C1)Cc1ccccn1. The summed E-state index contributed by atoms with van der Waals surface area (Å²) in [4.78, 5) is 18.7. The highest BCUT2D eigenvalue weighted by molar-refractivity contribution is 5.78. The van der Waals surface area contributed by atoms with Crippen molar-refractivity contribution in [3.05, 3.63) is 48.0 Å². The summed E-state index contributed by atoms with van der Waals surface area (Å²) in [6, 6.07) is 5.66. The van der Waals surface area contributed by atoms with Crippen molar-refractivity contribution in [3.8, 4) is 0 Å². The molecular weight excluding hydrogens is 318 g/mol. The number of nitrogens with zero attached hydrogens (tertiary/aromatic N) is 4. The van der Waals surface area contributed by atoms with Gasteiger partial charge in [-0.05, 0) is 37.9 Å². The van der Waals surface area contributed by atoms with Crippen LogP contribution in [0.5, 0.6) is 0 Å². The standard InChI is InChI=1S/C18H25N5O2/c1-22(11-15-5-3-4-6-19-15)12-17(25)21-18(13-7-16(24)8-13)14-9-20-23(2)10-14/h3-6,9-10,13,16,18,24H,7-8,11-12H2,1-2H3,(H,21,25)/t13?,16?,18-/m0/s1. The van der Waals surface area contributed by atoms with E-state index in [-0.39, 0.29) is 24.0 Å². The predicted octanol–water partition coefficient (Wildman–Crippen LogP) is 0.875. The molecule has 134 valence electrons. The molecule has 0 radical (unpaired) electrons. The summed E-state index contributed by atoms with van der Waals surface area (Å²) >= 11 is 0. The van der Waals surface area contributed by atoms with E-state index in [1.807, 2.05) is 43.4 Å². The first-order valence-electron chi connectivity index (χ1n) is 8.55. The van der Waals surface area contributed by atoms with Gasteiger partial charge in [-0.25, -0.2) is 0 Å². The summed E-state index contributed by atoms with van der Waals surface area (Å²) in [7, 11) is 3.76. The maximum absolute atomic E-state index is 12.5. The number of aromatic nitrogens is 3. The molecule has 0 spiro atoms. The second-order valence-electron chi connectivity index (χ2n) is 6.87. The maximum atomic E-state index is 12.5. The van der Waals surface area contributed by atoms with Gasteiger partial charge in [-0.1, -0.05) is 6.07 Å². The largest absolute Gasteiger partial charge is 0.393 e. The van der Waals surface area contributed by atoms with Crippen LogP contribution >= 0.6 is 0 Å². The van der Waals surface area contributed by atoms with Crippen LogP contribution < -0.4 is 5.32 Å². The molecule has 1 atom stereocenters. The summed E-state index contributed by atoms with van der Waals surface area (Å²) in [5.74, 6) is 0.220. The van der Waals surface area contributed by atoms with Crippen LogP contribution in [0.4, 0.5) is 0 Å². The van der Waals surface area contributed by atoms with E-state index < -0.39 is 0 Å². The van der Waals surface area contributed by atoms with Gasteiger partial charge in [0.15, 0.2) is 0 Å². The van der Waals surface area contributed by atoms with Crippen molar-refractivity contribution in [2.75, 3.05) is 13.6 Å². The number of rotatable bonds is 7. The van der Waals surface area contributed by atoms with Crippen LogP contribution in [-0.4, -0.2) is 50.4 Å². The number of hydrogen-bond acceptors (Lipinski definition) is 5. The minimum absolute atomic E-state index is 0.0336. The predicted molar refractivity (Wildman–Crippen MR) is 93.4 cm³/mol. The van der Waals surface area contributed by atoms with Gasteiger partial charge in [0.05, 0.1) is 30.6 Å². The minimum Gasteiger partial charge on any atom is -0.393 e. The van der Waals surface area contributed by atoms with E-state index in [2.05, 4.69) is 15.4 Å². The third-order valence-electron chi connectivity index (χ3n) is 4.59. The number of aryl methyl sites for hydroxylation is 1. The molecule has 1 saturated carbocycles. The topological polar surface area (TPSA) is 83.3 Å². The molecule has 2 N–H and O–H groups in total. The highest BCUT2D eigenvalue weighted by atomic mass is 16.3. The quantitative estimate of drug-likeness (QED) is 0.780. The summed E-state index contributed by atoms with van der Waals surface area (Å²) in [5.41, 5.74) is 1.92. The van der Waals surface area contributed by atoms with E-state index in [1.165, 1.54) is 0 Å². The van der Waals surface area contributed by atoms with Gasteiger partial charge in [0.2, 0.25) is 5.91 Å². The second-order valence-corrected chi connectivity index (χ2v) is 6.87. The molecule has 25 heavy (non-hydrogen) atoms. The highest BCUT2D eigenvalue weighted by Crippen LogP contribution is 2.37. The number of pyridine rings is 1. The Morgan fingerprint density at radius 1 is 1.48 bits per heavy atom. The average Bonchev–Trinajstić information content (AvgIpc) is 2.97. The molecule has 2 aromatic heterocycles. The van der Waals surface area contributed by atoms with Gasteiger partial charge in [0.1, 0.15) is 0 Å². The number of aliphatic hydroxyl groups is 1. The smallest absolute Gasteiger partial charge is 0.234 e. The fourth-order valence-corrected chi connectivity index (χ4v) is 3.26. The van der Waals surface area contributed by atoms with E-state index in [4.69, 9.17) is 0 Å². The zero-order valence-corrected chi connectivity index (χ0v) is 14.7. The van der Waals surface area contributed by atoms with Gasteiger partial charge in [-0.3, -0.25) is 19.4 Å². The molecule has 1 fully saturated rings. The third kappa shape index (κ3) is 4.64. The number of hydrogen-bond donors (Lipinski definition) is 2. The first kappa shape index (κ1) is 17.6. The molecule has 1 aliphatic carbocycles. The summed E-state index contributed by atoms with van der Waals surface area (Å²) in [5, 5.41) is 16.9. The van der Waals surface area contributed by atoms with Crippen LogP contribution in [0.1, 0.15) is 30.1 Å². The zero-order chi connectivity index (χ0) is 17.8. The van der Waals surface area contributed by atoms with E-state index in [9.17, 15) is 9.90 Å². The average molecular weight is 343 g/mol. The Morgan fingerprint density at radius 3 is 2.88 bits per heavy atom. The molecule has 0 bridgehead atoms. The van der Waals surface area contributed by atoms with Crippen molar-refractivity contribution in [1.29, 1.82) is 0 Å². The number of amides is 1. The first-order valence-corrected chi connectivity index (χ1v) is 8.55. The van der Waals surface area contributed by atoms with Gasteiger partial charge < -0.3 is 10.4 Å². The van der Waals surface area contributed by atoms with Crippen molar-refractivity contribution in [3.63, 3.8) is 0 Å². The summed E-state index contributed by atoms with van der Waals surface area (Å²) in [6.45, 7) is 0.913. The van der Waals surface area contributed by atoms with Gasteiger partial charge in [0.25, 0.3) is 0 Å². The van der Waals surface area contributed by atoms with Gasteiger partial charge in [-0.15, -0.1) is 0 Å². The molecule has 0 unspecified atom stereocenters. The Balaban J connectivity index is 1.58. The van der Waals surface area contributed by atoms with Crippen LogP contribution in [0, 0.1) is 5.92 Å². The van der Waals surface area contributed by atoms with Crippen molar-refractivity contribution < 1.29 is 9.90 Å². The molecule has 7 nitrogen and oxygen atoms in total. The monoisotopic (exact) mass is 343 g/mol. The lowest BCUT2D eigenvalue weighted by Gasteiger charge is -2.37. The van der Waals surface area contributed by atoms with Crippen molar-refractivity contribution >= 4 is 5.91 Å². The Bertz CT molecular complexity index is 697. The minimum atomic E-state index is -0.257. The lowest BCUT2D eigenvalue weighted by Crippen LogP contribution is -2.44. The Hall–Kier alpha value is -2.25. The molecule has 7 heteroatoms. The number of carbonyl (C=O) groups excluding carboxylic acids is 1. The highest BCUT2D eigenvalue weighted by Gasteiger charge is 2.36. The van der Waals surface area contributed by atoms with E-state index in [1.54, 1.807) is 17.1 Å². The molecule has 0 aliphatic heterocycles. The van der Waals surface area contributed by atoms with Gasteiger partial charge >= 0.3 is 0 Å². The van der Waals surface area contributed by atoms with Crippen LogP contribution in [-0.2, 0) is 18.4 Å². The van der Waals surface area contributed by atoms with E-state index >= 15 is 0 Å². The van der Waals surface area contributed by atoms with Crippen LogP contribution in [0.2, 0.25) is 0 Å². The fraction of sp³-hybridized carbons (Fsp3) is 0.500. The Labute approximate surface area is 147 Å². The molecule has 1 amide bonds. The number of aliphatic hydroxyl groups excluding tert-OH is 1. The van der Waals surface area contributed by atoms with E-state index in [0.717, 1.165) is 11.3 Å². The Kier molecular flexibility index (Phi) is 5.45. The number of nitrogens with one attached hydrogen (secondary N) is 1. The lowest BCUT2D eigenvalue weighted by atomic mass is 9.75. The number of likely N-dealkylation sites (N-methyl/N-ethyl adjacent to an activating group) is 1. The van der Waals surface area contributed by atoms with Crippen molar-refractivity contribution in [2.45, 2.75) is 31.5 Å². The fourth-order valence-electron chi connectivity index (χ4n) is 3.26. The molecule has 1 aliphatic rings. The van der Waals surface area contributed by atoms with Crippen molar-refractivity contribution in [2.24, 2.45) is 13.0 Å². The number of carbonyl (C=O) groups is 1. The van der Waals surface area contributed by atoms with Crippen LogP contribution in [0.25, 0.3) is 0 Å². The van der Waals surface area contributed by atoms with Crippen molar-refractivity contribution in [1.82, 2.24) is 25.0 Å². The molecular formula is C18H25N5O2. The summed E-state index contributed by atoms with van der Waals surface area (Å²) < 4.78 is 1.73. The van der Waals surface area contributed by atoms with Gasteiger partial charge in [0, 0.05) is 31.5 Å². The van der Waals surface area contributed by atoms with Crippen LogP contribution in [0.15, 0.2) is 36.8 Å². The van der Waals surface area contributed by atoms with Gasteiger partial charge in [-0.2, -0.15) is 5.10 Å². The Morgan fingerprint density at radius 2 is 2.28 bits per heavy atom. The first-order chi connectivity index (χ1) is 12.0. The molecule has 2 heterocycles. The van der Waals surface area contributed by atoms with E-state index in [0.29, 0.717) is 25.9 Å². The second kappa shape index (κ2) is 7.76.